The van der Waals surface area contributed by atoms with E-state index in [-0.39, 0.29) is 0 Å². The van der Waals surface area contributed by atoms with E-state index >= 15 is 0 Å². The number of hydrogen-bond donors (Lipinski definition) is 0. The Kier molecular flexibility index (Phi) is 1.77. The van der Waals surface area contributed by atoms with Crippen LogP contribution in [0.25, 0.3) is 0 Å². The van der Waals surface area contributed by atoms with E-state index in [1.807, 2.05) is 18.2 Å². The standard InChI is InChI=1S/C10H9NO/c12-7-11-10-3-1-2-9(6-10)8-4-5-8/h1-3,6,8H,4-5H2. The van der Waals surface area contributed by atoms with Gasteiger partial charge >= 0.3 is 0 Å². The van der Waals surface area contributed by atoms with Gasteiger partial charge in [-0.05, 0) is 36.5 Å². The minimum atomic E-state index is 0.715. The summed E-state index contributed by atoms with van der Waals surface area (Å²) in [6.45, 7) is 0. The van der Waals surface area contributed by atoms with Gasteiger partial charge in [0.1, 0.15) is 0 Å². The quantitative estimate of drug-likeness (QED) is 0.481. The van der Waals surface area contributed by atoms with E-state index in [0.717, 1.165) is 5.69 Å². The van der Waals surface area contributed by atoms with Crippen LogP contribution in [-0.4, -0.2) is 6.08 Å². The van der Waals surface area contributed by atoms with Gasteiger partial charge in [0, 0.05) is 0 Å². The SMILES string of the molecule is O=C=Nc1cccc(C2CC2)c1. The summed E-state index contributed by atoms with van der Waals surface area (Å²) in [6, 6.07) is 7.80. The van der Waals surface area contributed by atoms with Gasteiger partial charge in [0.15, 0.2) is 0 Å². The first-order valence-electron chi connectivity index (χ1n) is 4.08. The molecule has 0 atom stereocenters. The highest BCUT2D eigenvalue weighted by atomic mass is 16.1. The van der Waals surface area contributed by atoms with Crippen molar-refractivity contribution in [2.75, 3.05) is 0 Å². The predicted molar refractivity (Wildman–Crippen MR) is 46.2 cm³/mol. The molecule has 2 heteroatoms. The Hall–Kier alpha value is -1.40. The molecule has 1 saturated carbocycles. The third kappa shape index (κ3) is 1.44. The Bertz CT molecular complexity index is 335. The Balaban J connectivity index is 2.32. The number of benzene rings is 1. The van der Waals surface area contributed by atoms with E-state index in [2.05, 4.69) is 11.1 Å². The second-order valence-corrected chi connectivity index (χ2v) is 3.07. The molecule has 1 aliphatic carbocycles. The van der Waals surface area contributed by atoms with Crippen molar-refractivity contribution in [2.24, 2.45) is 4.99 Å². The van der Waals surface area contributed by atoms with Crippen molar-refractivity contribution >= 4 is 11.8 Å². The molecule has 1 aromatic carbocycles. The van der Waals surface area contributed by atoms with Crippen LogP contribution in [-0.2, 0) is 4.79 Å². The Labute approximate surface area is 70.9 Å². The lowest BCUT2D eigenvalue weighted by molar-refractivity contribution is 0.565. The third-order valence-electron chi connectivity index (χ3n) is 2.09. The highest BCUT2D eigenvalue weighted by molar-refractivity contribution is 5.50. The lowest BCUT2D eigenvalue weighted by Crippen LogP contribution is -1.76. The van der Waals surface area contributed by atoms with E-state index in [0.29, 0.717) is 5.92 Å². The van der Waals surface area contributed by atoms with Gasteiger partial charge in [-0.1, -0.05) is 12.1 Å². The van der Waals surface area contributed by atoms with Gasteiger partial charge in [0.2, 0.25) is 6.08 Å². The molecule has 0 N–H and O–H groups in total. The molecule has 0 spiro atoms. The maximum Gasteiger partial charge on any atom is 0.240 e. The van der Waals surface area contributed by atoms with Crippen LogP contribution < -0.4 is 0 Å². The normalized spacial score (nSPS) is 15.3. The molecular weight excluding hydrogens is 150 g/mol. The lowest BCUT2D eigenvalue weighted by Gasteiger charge is -1.96. The first-order chi connectivity index (χ1) is 5.90. The van der Waals surface area contributed by atoms with E-state index in [9.17, 15) is 4.79 Å². The second-order valence-electron chi connectivity index (χ2n) is 3.07. The number of hydrogen-bond acceptors (Lipinski definition) is 2. The zero-order valence-electron chi connectivity index (χ0n) is 6.66. The molecule has 0 heterocycles. The molecule has 12 heavy (non-hydrogen) atoms. The summed E-state index contributed by atoms with van der Waals surface area (Å²) in [5.41, 5.74) is 2.01. The van der Waals surface area contributed by atoms with Gasteiger partial charge in [-0.3, -0.25) is 0 Å². The zero-order chi connectivity index (χ0) is 8.39. The van der Waals surface area contributed by atoms with Crippen molar-refractivity contribution in [3.63, 3.8) is 0 Å². The van der Waals surface area contributed by atoms with Crippen molar-refractivity contribution in [1.82, 2.24) is 0 Å². The molecule has 1 aliphatic rings. The number of nitrogens with zero attached hydrogens (tertiary/aromatic N) is 1. The van der Waals surface area contributed by atoms with Crippen molar-refractivity contribution in [3.8, 4) is 0 Å². The summed E-state index contributed by atoms with van der Waals surface area (Å²) in [5, 5.41) is 0. The van der Waals surface area contributed by atoms with Crippen LogP contribution in [0.15, 0.2) is 29.3 Å². The number of aliphatic imine (C=N–C) groups is 1. The van der Waals surface area contributed by atoms with Gasteiger partial charge in [-0.25, -0.2) is 4.79 Å². The average molecular weight is 159 g/mol. The highest BCUT2D eigenvalue weighted by Crippen LogP contribution is 2.40. The molecule has 0 aliphatic heterocycles. The van der Waals surface area contributed by atoms with Crippen molar-refractivity contribution in [1.29, 1.82) is 0 Å². The van der Waals surface area contributed by atoms with E-state index in [4.69, 9.17) is 0 Å². The molecule has 1 aromatic rings. The molecule has 60 valence electrons. The average Bonchev–Trinajstić information content (AvgIpc) is 2.88. The summed E-state index contributed by atoms with van der Waals surface area (Å²) < 4.78 is 0. The van der Waals surface area contributed by atoms with Crippen LogP contribution in [0.3, 0.4) is 0 Å². The molecule has 1 fully saturated rings. The van der Waals surface area contributed by atoms with Crippen molar-refractivity contribution in [2.45, 2.75) is 18.8 Å². The molecule has 0 aromatic heterocycles. The van der Waals surface area contributed by atoms with Gasteiger partial charge < -0.3 is 0 Å². The van der Waals surface area contributed by atoms with Crippen LogP contribution in [0.1, 0.15) is 24.3 Å². The zero-order valence-corrected chi connectivity index (χ0v) is 6.66. The summed E-state index contributed by atoms with van der Waals surface area (Å²) >= 11 is 0. The highest BCUT2D eigenvalue weighted by Gasteiger charge is 2.23. The van der Waals surface area contributed by atoms with E-state index < -0.39 is 0 Å². The Morgan fingerprint density at radius 2 is 2.25 bits per heavy atom. The van der Waals surface area contributed by atoms with Crippen LogP contribution in [0.2, 0.25) is 0 Å². The smallest absolute Gasteiger partial charge is 0.211 e. The predicted octanol–water partition coefficient (Wildman–Crippen LogP) is 2.53. The summed E-state index contributed by atoms with van der Waals surface area (Å²) in [7, 11) is 0. The van der Waals surface area contributed by atoms with Gasteiger partial charge in [0.25, 0.3) is 0 Å². The van der Waals surface area contributed by atoms with E-state index in [1.165, 1.54) is 18.4 Å². The second kappa shape index (κ2) is 2.92. The largest absolute Gasteiger partial charge is 0.240 e. The van der Waals surface area contributed by atoms with E-state index in [1.54, 1.807) is 6.08 Å². The maximum atomic E-state index is 9.98. The lowest BCUT2D eigenvalue weighted by atomic mass is 10.1. The van der Waals surface area contributed by atoms with Gasteiger partial charge in [0.05, 0.1) is 5.69 Å². The fourth-order valence-corrected chi connectivity index (χ4v) is 1.32. The first-order valence-corrected chi connectivity index (χ1v) is 4.08. The summed E-state index contributed by atoms with van der Waals surface area (Å²) in [6.07, 6.45) is 4.09. The summed E-state index contributed by atoms with van der Waals surface area (Å²) in [5.74, 6) is 0.715. The molecule has 0 amide bonds. The van der Waals surface area contributed by atoms with Crippen LogP contribution in [0, 0.1) is 0 Å². The molecule has 0 saturated heterocycles. The minimum absolute atomic E-state index is 0.715. The van der Waals surface area contributed by atoms with Crippen LogP contribution in [0.4, 0.5) is 5.69 Å². The van der Waals surface area contributed by atoms with Gasteiger partial charge in [-0.15, -0.1) is 0 Å². The maximum absolute atomic E-state index is 9.98. The fraction of sp³-hybridized carbons (Fsp3) is 0.300. The Morgan fingerprint density at radius 1 is 1.42 bits per heavy atom. The minimum Gasteiger partial charge on any atom is -0.211 e. The number of isocyanates is 1. The Morgan fingerprint density at radius 3 is 2.92 bits per heavy atom. The molecule has 2 rings (SSSR count). The molecule has 0 unspecified atom stereocenters. The van der Waals surface area contributed by atoms with Crippen LogP contribution in [0.5, 0.6) is 0 Å². The van der Waals surface area contributed by atoms with Gasteiger partial charge in [-0.2, -0.15) is 4.99 Å². The molecule has 0 radical (unpaired) electrons. The molecular formula is C10H9NO. The van der Waals surface area contributed by atoms with Crippen LogP contribution >= 0.6 is 0 Å². The first kappa shape index (κ1) is 7.26. The number of carbonyl (C=O) groups excluding carboxylic acids is 1. The summed E-state index contributed by atoms with van der Waals surface area (Å²) in [4.78, 5) is 13.6. The third-order valence-corrected chi connectivity index (χ3v) is 2.09. The fourth-order valence-electron chi connectivity index (χ4n) is 1.32. The topological polar surface area (TPSA) is 29.4 Å². The molecule has 2 nitrogen and oxygen atoms in total. The number of rotatable bonds is 2. The van der Waals surface area contributed by atoms with Crippen molar-refractivity contribution < 1.29 is 4.79 Å². The monoisotopic (exact) mass is 159 g/mol. The van der Waals surface area contributed by atoms with Crippen molar-refractivity contribution in [3.05, 3.63) is 29.8 Å². The molecule has 0 bridgehead atoms.